The molecule has 2 rings (SSSR count). The number of methoxy groups -OCH3 is 1. The van der Waals surface area contributed by atoms with Crippen LogP contribution < -0.4 is 5.73 Å². The summed E-state index contributed by atoms with van der Waals surface area (Å²) >= 11 is 0. The van der Waals surface area contributed by atoms with Crippen LogP contribution in [0.2, 0.25) is 0 Å². The molecular formula is C11H11N3O4. The molecule has 0 saturated carbocycles. The van der Waals surface area contributed by atoms with Crippen molar-refractivity contribution in [3.8, 4) is 0 Å². The monoisotopic (exact) mass is 249 g/mol. The number of nitro benzene ring substituents is 1. The minimum absolute atomic E-state index is 0.0594. The van der Waals surface area contributed by atoms with Gasteiger partial charge in [-0.15, -0.1) is 0 Å². The Bertz CT molecular complexity index is 620. The zero-order chi connectivity index (χ0) is 13.3. The molecule has 0 radical (unpaired) electrons. The topological polar surface area (TPSA) is 111 Å². The highest BCUT2D eigenvalue weighted by Gasteiger charge is 2.22. The molecule has 0 amide bonds. The minimum atomic E-state index is -0.967. The Morgan fingerprint density at radius 1 is 1.56 bits per heavy atom. The standard InChI is InChI=1S/C11H11N3O4/c1-18-11(15)9(12)7-5-13-10-6(7)3-2-4-8(10)14(16)17/h2-5,9,13H,12H2,1H3. The van der Waals surface area contributed by atoms with E-state index in [4.69, 9.17) is 5.73 Å². The molecule has 7 heteroatoms. The van der Waals surface area contributed by atoms with Crippen molar-refractivity contribution in [2.45, 2.75) is 6.04 Å². The summed E-state index contributed by atoms with van der Waals surface area (Å²) in [5.74, 6) is -0.595. The van der Waals surface area contributed by atoms with E-state index < -0.39 is 16.9 Å². The van der Waals surface area contributed by atoms with Crippen molar-refractivity contribution in [2.75, 3.05) is 7.11 Å². The Labute approximate surface area is 102 Å². The first-order chi connectivity index (χ1) is 8.56. The second-order valence-corrected chi connectivity index (χ2v) is 3.70. The van der Waals surface area contributed by atoms with Crippen LogP contribution in [0.15, 0.2) is 24.4 Å². The SMILES string of the molecule is COC(=O)C(N)c1c[nH]c2c([N+](=O)[O-])cccc12. The molecule has 18 heavy (non-hydrogen) atoms. The van der Waals surface area contributed by atoms with Crippen LogP contribution in [0.25, 0.3) is 10.9 Å². The highest BCUT2D eigenvalue weighted by molar-refractivity contribution is 5.94. The van der Waals surface area contributed by atoms with Gasteiger partial charge in [-0.25, -0.2) is 0 Å². The van der Waals surface area contributed by atoms with E-state index in [1.165, 1.54) is 19.4 Å². The van der Waals surface area contributed by atoms with Crippen LogP contribution in [0.3, 0.4) is 0 Å². The maximum atomic E-state index is 11.4. The Morgan fingerprint density at radius 3 is 2.89 bits per heavy atom. The summed E-state index contributed by atoms with van der Waals surface area (Å²) in [7, 11) is 1.24. The van der Waals surface area contributed by atoms with Gasteiger partial charge in [0.1, 0.15) is 11.6 Å². The Hall–Kier alpha value is -2.41. The molecule has 0 spiro atoms. The van der Waals surface area contributed by atoms with E-state index >= 15 is 0 Å². The number of carbonyl (C=O) groups excluding carboxylic acids is 1. The number of non-ortho nitro benzene ring substituents is 1. The fourth-order valence-electron chi connectivity index (χ4n) is 1.82. The molecule has 0 bridgehead atoms. The smallest absolute Gasteiger partial charge is 0.327 e. The number of nitro groups is 1. The fourth-order valence-corrected chi connectivity index (χ4v) is 1.82. The van der Waals surface area contributed by atoms with Gasteiger partial charge >= 0.3 is 5.97 Å². The van der Waals surface area contributed by atoms with Crippen molar-refractivity contribution in [1.29, 1.82) is 0 Å². The van der Waals surface area contributed by atoms with E-state index in [2.05, 4.69) is 9.72 Å². The van der Waals surface area contributed by atoms with Crippen LogP contribution >= 0.6 is 0 Å². The molecule has 1 unspecified atom stereocenters. The van der Waals surface area contributed by atoms with Crippen LogP contribution in [-0.2, 0) is 9.53 Å². The van der Waals surface area contributed by atoms with Gasteiger partial charge in [0.15, 0.2) is 0 Å². The van der Waals surface area contributed by atoms with Gasteiger partial charge in [-0.05, 0) is 0 Å². The summed E-state index contributed by atoms with van der Waals surface area (Å²) in [5.41, 5.74) is 6.48. The van der Waals surface area contributed by atoms with E-state index in [1.807, 2.05) is 0 Å². The van der Waals surface area contributed by atoms with Gasteiger partial charge in [-0.3, -0.25) is 14.9 Å². The maximum Gasteiger partial charge on any atom is 0.327 e. The van der Waals surface area contributed by atoms with E-state index in [9.17, 15) is 14.9 Å². The van der Waals surface area contributed by atoms with E-state index in [0.717, 1.165) is 0 Å². The summed E-state index contributed by atoms with van der Waals surface area (Å²) in [6.45, 7) is 0. The Balaban J connectivity index is 2.59. The van der Waals surface area contributed by atoms with Gasteiger partial charge < -0.3 is 15.5 Å². The number of ether oxygens (including phenoxy) is 1. The van der Waals surface area contributed by atoms with E-state index in [1.54, 1.807) is 12.1 Å². The molecule has 0 aliphatic heterocycles. The summed E-state index contributed by atoms with van der Waals surface area (Å²) in [4.78, 5) is 24.5. The lowest BCUT2D eigenvalue weighted by molar-refractivity contribution is -0.383. The average Bonchev–Trinajstić information content (AvgIpc) is 2.80. The van der Waals surface area contributed by atoms with Crippen LogP contribution in [0, 0.1) is 10.1 Å². The van der Waals surface area contributed by atoms with Crippen LogP contribution in [-0.4, -0.2) is 23.0 Å². The average molecular weight is 249 g/mol. The lowest BCUT2D eigenvalue weighted by Gasteiger charge is -2.07. The Kier molecular flexibility index (Phi) is 2.99. The van der Waals surface area contributed by atoms with Crippen LogP contribution in [0.1, 0.15) is 11.6 Å². The molecular weight excluding hydrogens is 238 g/mol. The number of rotatable bonds is 3. The molecule has 0 fully saturated rings. The van der Waals surface area contributed by atoms with Gasteiger partial charge in [0, 0.05) is 23.2 Å². The number of esters is 1. The van der Waals surface area contributed by atoms with E-state index in [0.29, 0.717) is 16.5 Å². The number of aromatic amines is 1. The largest absolute Gasteiger partial charge is 0.468 e. The van der Waals surface area contributed by atoms with Crippen molar-refractivity contribution < 1.29 is 14.5 Å². The number of para-hydroxylation sites is 1. The number of nitrogens with two attached hydrogens (primary N) is 1. The highest BCUT2D eigenvalue weighted by atomic mass is 16.6. The Morgan fingerprint density at radius 2 is 2.28 bits per heavy atom. The summed E-state index contributed by atoms with van der Waals surface area (Å²) < 4.78 is 4.55. The number of nitrogens with one attached hydrogen (secondary N) is 1. The first kappa shape index (κ1) is 12.1. The van der Waals surface area contributed by atoms with Crippen molar-refractivity contribution in [3.05, 3.63) is 40.1 Å². The molecule has 7 nitrogen and oxygen atoms in total. The van der Waals surface area contributed by atoms with Crippen molar-refractivity contribution >= 4 is 22.6 Å². The third kappa shape index (κ3) is 1.80. The van der Waals surface area contributed by atoms with Crippen LogP contribution in [0.5, 0.6) is 0 Å². The maximum absolute atomic E-state index is 11.4. The molecule has 2 aromatic rings. The van der Waals surface area contributed by atoms with Crippen molar-refractivity contribution in [1.82, 2.24) is 4.98 Å². The molecule has 0 aliphatic carbocycles. The first-order valence-electron chi connectivity index (χ1n) is 5.14. The van der Waals surface area contributed by atoms with Crippen molar-refractivity contribution in [3.63, 3.8) is 0 Å². The molecule has 1 heterocycles. The summed E-state index contributed by atoms with van der Waals surface area (Å²) in [6, 6.07) is 3.62. The zero-order valence-corrected chi connectivity index (χ0v) is 9.54. The number of aromatic nitrogens is 1. The zero-order valence-electron chi connectivity index (χ0n) is 9.54. The predicted octanol–water partition coefficient (Wildman–Crippen LogP) is 1.25. The number of fused-ring (bicyclic) bond motifs is 1. The lowest BCUT2D eigenvalue weighted by atomic mass is 10.1. The summed E-state index contributed by atoms with van der Waals surface area (Å²) in [6.07, 6.45) is 1.49. The third-order valence-electron chi connectivity index (χ3n) is 2.71. The molecule has 1 atom stereocenters. The number of hydrogen-bond acceptors (Lipinski definition) is 5. The molecule has 1 aromatic heterocycles. The first-order valence-corrected chi connectivity index (χ1v) is 5.14. The predicted molar refractivity (Wildman–Crippen MR) is 63.9 cm³/mol. The summed E-state index contributed by atoms with van der Waals surface area (Å²) in [5, 5.41) is 11.4. The van der Waals surface area contributed by atoms with Crippen molar-refractivity contribution in [2.24, 2.45) is 5.73 Å². The number of carbonyl (C=O) groups is 1. The quantitative estimate of drug-likeness (QED) is 0.483. The highest BCUT2D eigenvalue weighted by Crippen LogP contribution is 2.29. The third-order valence-corrected chi connectivity index (χ3v) is 2.71. The van der Waals surface area contributed by atoms with E-state index in [-0.39, 0.29) is 5.69 Å². The van der Waals surface area contributed by atoms with Gasteiger partial charge in [0.05, 0.1) is 12.0 Å². The normalized spacial score (nSPS) is 12.3. The van der Waals surface area contributed by atoms with Gasteiger partial charge in [-0.1, -0.05) is 12.1 Å². The fraction of sp³-hybridized carbons (Fsp3) is 0.182. The van der Waals surface area contributed by atoms with Crippen LogP contribution in [0.4, 0.5) is 5.69 Å². The number of nitrogens with zero attached hydrogens (tertiary/aromatic N) is 1. The second-order valence-electron chi connectivity index (χ2n) is 3.70. The molecule has 1 aromatic carbocycles. The minimum Gasteiger partial charge on any atom is -0.468 e. The molecule has 94 valence electrons. The molecule has 0 saturated heterocycles. The van der Waals surface area contributed by atoms with Gasteiger partial charge in [0.25, 0.3) is 5.69 Å². The van der Waals surface area contributed by atoms with Gasteiger partial charge in [0.2, 0.25) is 0 Å². The molecule has 3 N–H and O–H groups in total. The molecule has 0 aliphatic rings. The lowest BCUT2D eigenvalue weighted by Crippen LogP contribution is -2.22. The number of hydrogen-bond donors (Lipinski definition) is 2. The number of H-pyrrole nitrogens is 1. The van der Waals surface area contributed by atoms with Gasteiger partial charge in [-0.2, -0.15) is 0 Å². The number of benzene rings is 1. The second kappa shape index (κ2) is 4.46.